The molecule has 12 heteroatoms. The molecule has 2 aliphatic rings. The van der Waals surface area contributed by atoms with Crippen LogP contribution in [0.1, 0.15) is 33.1 Å². The van der Waals surface area contributed by atoms with E-state index < -0.39 is 5.82 Å². The van der Waals surface area contributed by atoms with Crippen LogP contribution in [0.5, 0.6) is 17.2 Å². The number of halogens is 1. The fourth-order valence-electron chi connectivity index (χ4n) is 5.94. The van der Waals surface area contributed by atoms with E-state index in [1.54, 1.807) is 31.5 Å². The number of carbonyl (C=O) groups excluding carboxylic acids is 1. The van der Waals surface area contributed by atoms with Crippen LogP contribution in [0.25, 0.3) is 10.9 Å². The molecule has 2 aliphatic heterocycles. The second-order valence-electron chi connectivity index (χ2n) is 12.8. The Morgan fingerprint density at radius 1 is 1.02 bits per heavy atom. The molecule has 6 rings (SSSR count). The number of anilines is 4. The van der Waals surface area contributed by atoms with Gasteiger partial charge >= 0.3 is 0 Å². The largest absolute Gasteiger partial charge is 0.495 e. The zero-order chi connectivity index (χ0) is 34.3. The number of fused-ring (bicyclic) bond motifs is 1. The molecule has 0 radical (unpaired) electrons. The lowest BCUT2D eigenvalue weighted by Crippen LogP contribution is -2.48. The molecule has 0 spiro atoms. The molecule has 2 aromatic carbocycles. The third-order valence-corrected chi connectivity index (χ3v) is 8.77. The monoisotopic (exact) mass is 657 g/mol. The van der Waals surface area contributed by atoms with Crippen molar-refractivity contribution in [1.82, 2.24) is 19.9 Å². The summed E-state index contributed by atoms with van der Waals surface area (Å²) in [5, 5.41) is 17.9. The molecule has 2 saturated heterocycles. The van der Waals surface area contributed by atoms with Gasteiger partial charge in [-0.1, -0.05) is 20.4 Å². The Morgan fingerprint density at radius 2 is 1.77 bits per heavy atom. The van der Waals surface area contributed by atoms with Gasteiger partial charge in [0.25, 0.3) is 0 Å². The van der Waals surface area contributed by atoms with Crippen molar-refractivity contribution in [2.75, 3.05) is 55.9 Å². The van der Waals surface area contributed by atoms with Crippen molar-refractivity contribution in [2.45, 2.75) is 45.3 Å². The van der Waals surface area contributed by atoms with Crippen molar-refractivity contribution >= 4 is 40.2 Å². The molecule has 2 aromatic heterocycles. The Morgan fingerprint density at radius 3 is 2.46 bits per heavy atom. The van der Waals surface area contributed by atoms with Gasteiger partial charge in [0, 0.05) is 54.3 Å². The first-order valence-electron chi connectivity index (χ1n) is 16.1. The number of hydrogen-bond acceptors (Lipinski definition) is 11. The lowest BCUT2D eigenvalue weighted by molar-refractivity contribution is -0.104. The van der Waals surface area contributed by atoms with E-state index in [0.29, 0.717) is 60.4 Å². The number of pyridine rings is 1. The maximum Gasteiger partial charge on any atom is 0.150 e. The van der Waals surface area contributed by atoms with Gasteiger partial charge in [-0.05, 0) is 69.7 Å². The average Bonchev–Trinajstić information content (AvgIpc) is 3.08. The van der Waals surface area contributed by atoms with E-state index >= 15 is 4.39 Å². The minimum atomic E-state index is -0.478. The number of carbonyl (C=O) groups is 1. The van der Waals surface area contributed by atoms with Crippen molar-refractivity contribution in [3.8, 4) is 17.2 Å². The summed E-state index contributed by atoms with van der Waals surface area (Å²) in [5.74, 6) is 2.40. The summed E-state index contributed by atoms with van der Waals surface area (Å²) in [6.07, 6.45) is 7.36. The summed E-state index contributed by atoms with van der Waals surface area (Å²) in [6.45, 7) is 10.7. The van der Waals surface area contributed by atoms with E-state index in [2.05, 4.69) is 62.9 Å². The normalized spacial score (nSPS) is 18.0. The molecular weight excluding hydrogens is 613 g/mol. The Kier molecular flexibility index (Phi) is 11.1. The van der Waals surface area contributed by atoms with Gasteiger partial charge in [0.1, 0.15) is 47.3 Å². The van der Waals surface area contributed by atoms with Crippen molar-refractivity contribution < 1.29 is 23.8 Å². The summed E-state index contributed by atoms with van der Waals surface area (Å²) in [4.78, 5) is 26.9. The van der Waals surface area contributed by atoms with Gasteiger partial charge in [0.05, 0.1) is 30.1 Å². The molecule has 11 nitrogen and oxygen atoms in total. The number of aromatic nitrogens is 3. The first-order chi connectivity index (χ1) is 23.1. The number of piperidine rings is 2. The molecule has 1 atom stereocenters. The van der Waals surface area contributed by atoms with Crippen LogP contribution in [0.15, 0.2) is 67.6 Å². The molecule has 4 aromatic rings. The lowest BCUT2D eigenvalue weighted by Gasteiger charge is -2.42. The van der Waals surface area contributed by atoms with Gasteiger partial charge in [-0.25, -0.2) is 19.3 Å². The predicted molar refractivity (Wildman–Crippen MR) is 187 cm³/mol. The number of rotatable bonds is 9. The number of allylic oxidation sites excluding steroid dienone is 1. The number of likely N-dealkylation sites (tertiary alicyclic amines) is 1. The summed E-state index contributed by atoms with van der Waals surface area (Å²) < 4.78 is 27.1. The zero-order valence-corrected chi connectivity index (χ0v) is 27.9. The molecule has 2 fully saturated rings. The lowest BCUT2D eigenvalue weighted by atomic mass is 9.81. The molecule has 0 bridgehead atoms. The number of nitrogens with one attached hydrogen (secondary N) is 2. The third kappa shape index (κ3) is 8.36. The number of methoxy groups -OCH3 is 1. The van der Waals surface area contributed by atoms with Crippen molar-refractivity contribution in [2.24, 2.45) is 5.41 Å². The molecule has 0 amide bonds. The average molecular weight is 658 g/mol. The predicted octanol–water partition coefficient (Wildman–Crippen LogP) is 6.18. The number of ether oxygens (including phenoxy) is 2. The Bertz CT molecular complexity index is 1720. The first kappa shape index (κ1) is 34.5. The van der Waals surface area contributed by atoms with Crippen LogP contribution in [-0.2, 0) is 4.79 Å². The molecule has 0 aliphatic carbocycles. The highest BCUT2D eigenvalue weighted by molar-refractivity contribution is 5.95. The van der Waals surface area contributed by atoms with Gasteiger partial charge in [-0.15, -0.1) is 0 Å². The Labute approximate surface area is 280 Å². The van der Waals surface area contributed by atoms with Crippen LogP contribution in [0.2, 0.25) is 0 Å². The van der Waals surface area contributed by atoms with Gasteiger partial charge in [-0.3, -0.25) is 4.79 Å². The second-order valence-corrected chi connectivity index (χ2v) is 12.8. The summed E-state index contributed by atoms with van der Waals surface area (Å²) in [6, 6.07) is 12.5. The smallest absolute Gasteiger partial charge is 0.150 e. The summed E-state index contributed by atoms with van der Waals surface area (Å²) >= 11 is 0. The van der Waals surface area contributed by atoms with Crippen LogP contribution in [-0.4, -0.2) is 83.7 Å². The summed E-state index contributed by atoms with van der Waals surface area (Å²) in [7, 11) is 3.78. The van der Waals surface area contributed by atoms with Crippen molar-refractivity contribution in [1.29, 1.82) is 0 Å². The van der Waals surface area contributed by atoms with Crippen LogP contribution in [0.4, 0.5) is 27.4 Å². The van der Waals surface area contributed by atoms with Crippen LogP contribution in [0.3, 0.4) is 0 Å². The SMILES string of the molecule is C=CC=O.COc1cc2ncnc(Nc3ccc(Oc4ccnc(N5CCC(O)C(C)(C)C5)c4)cc3F)c2cc1NC1CCN(C)CC1. The minimum absolute atomic E-state index is 0.241. The number of aliphatic hydroxyl groups excluding tert-OH is 1. The molecule has 1 unspecified atom stereocenters. The van der Waals surface area contributed by atoms with Gasteiger partial charge in [-0.2, -0.15) is 0 Å². The van der Waals surface area contributed by atoms with E-state index in [1.165, 1.54) is 18.5 Å². The van der Waals surface area contributed by atoms with E-state index in [-0.39, 0.29) is 17.2 Å². The minimum Gasteiger partial charge on any atom is -0.495 e. The van der Waals surface area contributed by atoms with Gasteiger partial charge < -0.3 is 35.0 Å². The molecule has 254 valence electrons. The Balaban J connectivity index is 0.00000107. The maximum absolute atomic E-state index is 15.4. The van der Waals surface area contributed by atoms with E-state index in [0.717, 1.165) is 42.8 Å². The fraction of sp³-hybridized carbons (Fsp3) is 0.389. The molecular formula is C36H44FN7O4. The number of benzene rings is 2. The number of aldehydes is 1. The van der Waals surface area contributed by atoms with E-state index in [9.17, 15) is 5.11 Å². The van der Waals surface area contributed by atoms with Gasteiger partial charge in [0.2, 0.25) is 0 Å². The number of hydrogen-bond donors (Lipinski definition) is 3. The highest BCUT2D eigenvalue weighted by Gasteiger charge is 2.35. The van der Waals surface area contributed by atoms with Crippen molar-refractivity contribution in [3.63, 3.8) is 0 Å². The third-order valence-electron chi connectivity index (χ3n) is 8.77. The van der Waals surface area contributed by atoms with E-state index in [1.807, 2.05) is 18.2 Å². The Hall–Kier alpha value is -4.81. The highest BCUT2D eigenvalue weighted by atomic mass is 19.1. The maximum atomic E-state index is 15.4. The summed E-state index contributed by atoms with van der Waals surface area (Å²) in [5.41, 5.74) is 1.57. The van der Waals surface area contributed by atoms with E-state index in [4.69, 9.17) is 14.3 Å². The van der Waals surface area contributed by atoms with Crippen LogP contribution >= 0.6 is 0 Å². The highest BCUT2D eigenvalue weighted by Crippen LogP contribution is 2.36. The molecule has 48 heavy (non-hydrogen) atoms. The zero-order valence-electron chi connectivity index (χ0n) is 27.9. The molecule has 3 N–H and O–H groups in total. The molecule has 4 heterocycles. The topological polar surface area (TPSA) is 125 Å². The fourth-order valence-corrected chi connectivity index (χ4v) is 5.94. The van der Waals surface area contributed by atoms with Crippen LogP contribution < -0.4 is 25.0 Å². The van der Waals surface area contributed by atoms with Crippen molar-refractivity contribution in [3.05, 3.63) is 73.5 Å². The standard InChI is InChI=1S/C33H40FN7O3.C3H4O/c1-33(2)19-41(14-10-30(33)42)31-16-23(7-11-35-31)44-22-5-6-26(25(34)15-22)39-32-24-17-28(38-21-8-12-40(3)13-9-21)29(43-4)18-27(24)36-20-37-32;1-2-3-4/h5-7,11,15-18,20-21,30,38,42H,8-10,12-14,19H2,1-4H3,(H,36,37,39);2-3H,1H2. The van der Waals surface area contributed by atoms with Crippen LogP contribution in [0, 0.1) is 11.2 Å². The number of nitrogens with zero attached hydrogens (tertiary/aromatic N) is 5. The quantitative estimate of drug-likeness (QED) is 0.141. The second kappa shape index (κ2) is 15.4. The first-order valence-corrected chi connectivity index (χ1v) is 16.1. The molecule has 0 saturated carbocycles. The van der Waals surface area contributed by atoms with Gasteiger partial charge in [0.15, 0.2) is 0 Å². The number of aliphatic hydroxyl groups is 1.